The van der Waals surface area contributed by atoms with E-state index in [1.165, 1.54) is 12.1 Å². The standard InChI is InChI=1S/C30H39F3N6O5S/c1-29(2,3)44-28(40)35-17-16-34-26-22-8-4-5-9-23(22)38-27(39-26)36-18-20-12-14-21(15-13-20)19-37-45(41,42)25-11-7-6-10-24(25)43-30(31,32)33/h4-11,20-21,37H,12-19H2,1-3H3,(H,35,40)(H2,34,36,38,39). The third kappa shape index (κ3) is 10.6. The lowest BCUT2D eigenvalue weighted by Crippen LogP contribution is -2.35. The number of nitrogens with zero attached hydrogens (tertiary/aromatic N) is 2. The Morgan fingerprint density at radius 1 is 0.889 bits per heavy atom. The molecule has 3 aromatic rings. The molecule has 0 spiro atoms. The van der Waals surface area contributed by atoms with Crippen molar-refractivity contribution in [1.82, 2.24) is 20.0 Å². The van der Waals surface area contributed by atoms with Crippen LogP contribution in [-0.2, 0) is 14.8 Å². The van der Waals surface area contributed by atoms with Crippen molar-refractivity contribution in [2.45, 2.75) is 63.3 Å². The number of nitrogens with one attached hydrogen (secondary N) is 4. The van der Waals surface area contributed by atoms with Gasteiger partial charge < -0.3 is 25.4 Å². The maximum absolute atomic E-state index is 12.8. The quantitative estimate of drug-likeness (QED) is 0.182. The topological polar surface area (TPSA) is 144 Å². The molecule has 0 unspecified atom stereocenters. The van der Waals surface area contributed by atoms with Gasteiger partial charge in [-0.05, 0) is 82.6 Å². The van der Waals surface area contributed by atoms with Crippen molar-refractivity contribution >= 4 is 38.8 Å². The molecule has 1 heterocycles. The van der Waals surface area contributed by atoms with E-state index in [4.69, 9.17) is 4.74 Å². The van der Waals surface area contributed by atoms with Gasteiger partial charge in [0.2, 0.25) is 16.0 Å². The van der Waals surface area contributed by atoms with Crippen molar-refractivity contribution in [1.29, 1.82) is 0 Å². The first-order valence-corrected chi connectivity index (χ1v) is 16.2. The van der Waals surface area contributed by atoms with Gasteiger partial charge in [-0.25, -0.2) is 22.9 Å². The molecule has 0 bridgehead atoms. The van der Waals surface area contributed by atoms with Crippen LogP contribution in [0.25, 0.3) is 10.9 Å². The number of ether oxygens (including phenoxy) is 2. The second-order valence-electron chi connectivity index (χ2n) is 11.9. The van der Waals surface area contributed by atoms with Crippen LogP contribution >= 0.6 is 0 Å². The highest BCUT2D eigenvalue weighted by Crippen LogP contribution is 2.31. The van der Waals surface area contributed by atoms with Gasteiger partial charge in [0.25, 0.3) is 0 Å². The highest BCUT2D eigenvalue weighted by Gasteiger charge is 2.34. The summed E-state index contributed by atoms with van der Waals surface area (Å²) in [6.45, 7) is 6.90. The van der Waals surface area contributed by atoms with E-state index in [0.717, 1.165) is 48.7 Å². The highest BCUT2D eigenvalue weighted by atomic mass is 32.2. The summed E-state index contributed by atoms with van der Waals surface area (Å²) in [4.78, 5) is 20.7. The van der Waals surface area contributed by atoms with Gasteiger partial charge in [0.15, 0.2) is 0 Å². The Morgan fingerprint density at radius 2 is 1.53 bits per heavy atom. The van der Waals surface area contributed by atoms with Crippen LogP contribution < -0.4 is 25.4 Å². The van der Waals surface area contributed by atoms with Crippen molar-refractivity contribution in [3.8, 4) is 5.75 Å². The number of rotatable bonds is 12. The molecule has 0 radical (unpaired) electrons. The number of hydrogen-bond acceptors (Lipinski definition) is 9. The smallest absolute Gasteiger partial charge is 0.444 e. The number of para-hydroxylation sites is 2. The van der Waals surface area contributed by atoms with Gasteiger partial charge in [0, 0.05) is 31.6 Å². The predicted molar refractivity (Wildman–Crippen MR) is 165 cm³/mol. The average Bonchev–Trinajstić information content (AvgIpc) is 2.96. The molecule has 45 heavy (non-hydrogen) atoms. The van der Waals surface area contributed by atoms with Crippen LogP contribution in [0.15, 0.2) is 53.4 Å². The molecule has 0 atom stereocenters. The van der Waals surface area contributed by atoms with E-state index in [1.807, 2.05) is 24.3 Å². The molecule has 11 nitrogen and oxygen atoms in total. The van der Waals surface area contributed by atoms with Gasteiger partial charge in [-0.3, -0.25) is 0 Å². The molecule has 1 saturated carbocycles. The van der Waals surface area contributed by atoms with Crippen molar-refractivity contribution in [2.75, 3.05) is 36.8 Å². The van der Waals surface area contributed by atoms with Crippen LogP contribution in [0, 0.1) is 11.8 Å². The number of halogens is 3. The van der Waals surface area contributed by atoms with Crippen LogP contribution in [0.5, 0.6) is 5.75 Å². The van der Waals surface area contributed by atoms with Gasteiger partial charge in [-0.1, -0.05) is 24.3 Å². The molecule has 1 aliphatic rings. The number of carbonyl (C=O) groups excluding carboxylic acids is 1. The number of anilines is 2. The van der Waals surface area contributed by atoms with Crippen LogP contribution in [-0.4, -0.2) is 62.6 Å². The van der Waals surface area contributed by atoms with E-state index < -0.39 is 38.7 Å². The third-order valence-corrected chi connectivity index (χ3v) is 8.59. The van der Waals surface area contributed by atoms with E-state index in [1.54, 1.807) is 20.8 Å². The third-order valence-electron chi connectivity index (χ3n) is 7.13. The highest BCUT2D eigenvalue weighted by molar-refractivity contribution is 7.89. The molecule has 1 aromatic heterocycles. The number of carbonyl (C=O) groups is 1. The van der Waals surface area contributed by atoms with Crippen LogP contribution in [0.1, 0.15) is 46.5 Å². The number of fused-ring (bicyclic) bond motifs is 1. The minimum atomic E-state index is -5.01. The summed E-state index contributed by atoms with van der Waals surface area (Å²) in [5.74, 6) is 0.689. The lowest BCUT2D eigenvalue weighted by atomic mass is 9.82. The fourth-order valence-electron chi connectivity index (χ4n) is 5.01. The molecule has 4 N–H and O–H groups in total. The molecule has 1 aliphatic carbocycles. The second-order valence-corrected chi connectivity index (χ2v) is 13.6. The van der Waals surface area contributed by atoms with Gasteiger partial charge in [-0.2, -0.15) is 4.98 Å². The molecular weight excluding hydrogens is 613 g/mol. The number of sulfonamides is 1. The Balaban J connectivity index is 1.27. The number of alkyl halides is 3. The molecule has 246 valence electrons. The largest absolute Gasteiger partial charge is 0.573 e. The number of aromatic nitrogens is 2. The lowest BCUT2D eigenvalue weighted by molar-refractivity contribution is -0.275. The summed E-state index contributed by atoms with van der Waals surface area (Å²) in [7, 11) is -4.20. The van der Waals surface area contributed by atoms with E-state index in [-0.39, 0.29) is 12.5 Å². The zero-order valence-corrected chi connectivity index (χ0v) is 26.2. The molecule has 0 aliphatic heterocycles. The van der Waals surface area contributed by atoms with Gasteiger partial charge in [-0.15, -0.1) is 13.2 Å². The summed E-state index contributed by atoms with van der Waals surface area (Å²) in [5.41, 5.74) is 0.179. The number of alkyl carbamates (subject to hydrolysis) is 1. The van der Waals surface area contributed by atoms with E-state index in [9.17, 15) is 26.4 Å². The van der Waals surface area contributed by atoms with Gasteiger partial charge in [0.05, 0.1) is 5.52 Å². The Labute approximate surface area is 260 Å². The fourth-order valence-corrected chi connectivity index (χ4v) is 6.25. The summed E-state index contributed by atoms with van der Waals surface area (Å²) in [6, 6.07) is 12.3. The van der Waals surface area contributed by atoms with Crippen molar-refractivity contribution in [3.05, 3.63) is 48.5 Å². The normalized spacial score (nSPS) is 17.5. The van der Waals surface area contributed by atoms with Crippen molar-refractivity contribution < 1.29 is 35.9 Å². The Morgan fingerprint density at radius 3 is 2.22 bits per heavy atom. The molecular formula is C30H39F3N6O5S. The average molecular weight is 653 g/mol. The lowest BCUT2D eigenvalue weighted by Gasteiger charge is -2.28. The van der Waals surface area contributed by atoms with E-state index in [2.05, 4.69) is 35.4 Å². The van der Waals surface area contributed by atoms with Crippen molar-refractivity contribution in [2.24, 2.45) is 11.8 Å². The number of amides is 1. The molecule has 4 rings (SSSR count). The summed E-state index contributed by atoms with van der Waals surface area (Å²) >= 11 is 0. The Hall–Kier alpha value is -3.85. The molecule has 1 fully saturated rings. The van der Waals surface area contributed by atoms with E-state index >= 15 is 0 Å². The minimum Gasteiger partial charge on any atom is -0.444 e. The number of benzene rings is 2. The first-order valence-electron chi connectivity index (χ1n) is 14.7. The van der Waals surface area contributed by atoms with Crippen LogP contribution in [0.4, 0.5) is 29.7 Å². The first-order chi connectivity index (χ1) is 21.2. The van der Waals surface area contributed by atoms with Crippen molar-refractivity contribution in [3.63, 3.8) is 0 Å². The maximum Gasteiger partial charge on any atom is 0.573 e. The zero-order valence-electron chi connectivity index (χ0n) is 25.4. The van der Waals surface area contributed by atoms with E-state index in [0.29, 0.717) is 37.3 Å². The summed E-state index contributed by atoms with van der Waals surface area (Å²) < 4.78 is 75.4. The zero-order chi connectivity index (χ0) is 32.7. The fraction of sp³-hybridized carbons (Fsp3) is 0.500. The molecule has 0 saturated heterocycles. The Kier molecular flexibility index (Phi) is 11.0. The second kappa shape index (κ2) is 14.5. The first kappa shape index (κ1) is 34.0. The molecule has 1 amide bonds. The maximum atomic E-state index is 12.8. The summed E-state index contributed by atoms with van der Waals surface area (Å²) in [5, 5.41) is 10.1. The van der Waals surface area contributed by atoms with Gasteiger partial charge in [0.1, 0.15) is 22.1 Å². The van der Waals surface area contributed by atoms with Crippen LogP contribution in [0.3, 0.4) is 0 Å². The molecule has 2 aromatic carbocycles. The van der Waals surface area contributed by atoms with Crippen LogP contribution in [0.2, 0.25) is 0 Å². The SMILES string of the molecule is CC(C)(C)OC(=O)NCCNc1nc(NCC2CCC(CNS(=O)(=O)c3ccccc3OC(F)(F)F)CC2)nc2ccccc12. The summed E-state index contributed by atoms with van der Waals surface area (Å²) in [6.07, 6.45) is -2.32. The Bertz CT molecular complexity index is 1560. The molecule has 15 heteroatoms. The minimum absolute atomic E-state index is 0.0498. The monoisotopic (exact) mass is 652 g/mol. The number of hydrogen-bond donors (Lipinski definition) is 4. The van der Waals surface area contributed by atoms with Gasteiger partial charge >= 0.3 is 12.5 Å². The predicted octanol–water partition coefficient (Wildman–Crippen LogP) is 5.66.